The molecule has 104 valence electrons. The topological polar surface area (TPSA) is 42.7 Å². The lowest BCUT2D eigenvalue weighted by Crippen LogP contribution is -2.25. The van der Waals surface area contributed by atoms with Gasteiger partial charge in [0.15, 0.2) is 0 Å². The fraction of sp³-hybridized carbons (Fsp3) is 0.571. The number of aromatic nitrogens is 3. The van der Waals surface area contributed by atoms with Crippen LogP contribution in [0, 0.1) is 13.8 Å². The Kier molecular flexibility index (Phi) is 4.71. The first-order valence-corrected chi connectivity index (χ1v) is 7.63. The quantitative estimate of drug-likeness (QED) is 0.883. The summed E-state index contributed by atoms with van der Waals surface area (Å²) in [5.74, 6) is 0. The zero-order valence-corrected chi connectivity index (χ0v) is 12.9. The maximum Gasteiger partial charge on any atom is 0.0898 e. The normalized spacial score (nSPS) is 12.8. The van der Waals surface area contributed by atoms with Crippen molar-refractivity contribution in [3.8, 4) is 0 Å². The van der Waals surface area contributed by atoms with Crippen molar-refractivity contribution in [2.45, 2.75) is 39.7 Å². The fourth-order valence-corrected chi connectivity index (χ4v) is 2.87. The van der Waals surface area contributed by atoms with Crippen molar-refractivity contribution < 1.29 is 0 Å². The van der Waals surface area contributed by atoms with E-state index in [1.807, 2.05) is 18.7 Å². The van der Waals surface area contributed by atoms with E-state index in [1.165, 1.54) is 5.69 Å². The van der Waals surface area contributed by atoms with Crippen molar-refractivity contribution in [1.82, 2.24) is 20.1 Å². The molecule has 0 saturated carbocycles. The number of hydrogen-bond donors (Lipinski definition) is 1. The van der Waals surface area contributed by atoms with Gasteiger partial charge in [0.1, 0.15) is 0 Å². The lowest BCUT2D eigenvalue weighted by molar-refractivity contribution is 0.503. The van der Waals surface area contributed by atoms with Crippen LogP contribution >= 0.6 is 11.3 Å². The first-order valence-electron chi connectivity index (χ1n) is 6.75. The number of nitrogens with one attached hydrogen (secondary N) is 1. The van der Waals surface area contributed by atoms with Gasteiger partial charge in [-0.05, 0) is 32.9 Å². The summed E-state index contributed by atoms with van der Waals surface area (Å²) in [6.07, 6.45) is 2.06. The van der Waals surface area contributed by atoms with Crippen molar-refractivity contribution in [2.24, 2.45) is 7.05 Å². The molecule has 19 heavy (non-hydrogen) atoms. The van der Waals surface area contributed by atoms with Crippen LogP contribution in [0.5, 0.6) is 0 Å². The van der Waals surface area contributed by atoms with E-state index in [-0.39, 0.29) is 6.04 Å². The second-order valence-corrected chi connectivity index (χ2v) is 5.97. The lowest BCUT2D eigenvalue weighted by Gasteiger charge is -2.16. The van der Waals surface area contributed by atoms with Gasteiger partial charge in [0, 0.05) is 24.5 Å². The first-order chi connectivity index (χ1) is 9.10. The number of aryl methyl sites for hydroxylation is 3. The van der Waals surface area contributed by atoms with Gasteiger partial charge in [0.2, 0.25) is 0 Å². The van der Waals surface area contributed by atoms with Gasteiger partial charge in [-0.3, -0.25) is 4.68 Å². The third kappa shape index (κ3) is 3.64. The van der Waals surface area contributed by atoms with Crippen LogP contribution in [0.25, 0.3) is 0 Å². The first kappa shape index (κ1) is 14.2. The summed E-state index contributed by atoms with van der Waals surface area (Å²) in [4.78, 5) is 4.62. The van der Waals surface area contributed by atoms with Crippen LogP contribution in [0.2, 0.25) is 0 Å². The molecular formula is C14H22N4S. The maximum absolute atomic E-state index is 4.62. The highest BCUT2D eigenvalue weighted by Gasteiger charge is 2.16. The zero-order valence-electron chi connectivity index (χ0n) is 12.1. The molecule has 1 N–H and O–H groups in total. The summed E-state index contributed by atoms with van der Waals surface area (Å²) in [7, 11) is 2.01. The minimum atomic E-state index is 0.277. The molecule has 2 heterocycles. The average Bonchev–Trinajstić information content (AvgIpc) is 2.91. The van der Waals surface area contributed by atoms with E-state index >= 15 is 0 Å². The Morgan fingerprint density at radius 3 is 2.74 bits per heavy atom. The van der Waals surface area contributed by atoms with Crippen LogP contribution in [-0.2, 0) is 13.5 Å². The molecule has 1 atom stereocenters. The van der Waals surface area contributed by atoms with Crippen molar-refractivity contribution >= 4 is 11.3 Å². The molecule has 2 aromatic rings. The fourth-order valence-electron chi connectivity index (χ4n) is 2.20. The number of nitrogens with zero attached hydrogens (tertiary/aromatic N) is 3. The predicted molar refractivity (Wildman–Crippen MR) is 79.5 cm³/mol. The zero-order chi connectivity index (χ0) is 13.8. The minimum Gasteiger partial charge on any atom is -0.308 e. The van der Waals surface area contributed by atoms with Crippen molar-refractivity contribution in [2.75, 3.05) is 6.54 Å². The van der Waals surface area contributed by atoms with Crippen molar-refractivity contribution in [3.63, 3.8) is 0 Å². The Bertz CT molecular complexity index is 529. The van der Waals surface area contributed by atoms with Crippen LogP contribution in [-0.4, -0.2) is 21.3 Å². The molecule has 2 aromatic heterocycles. The molecule has 1 unspecified atom stereocenters. The van der Waals surface area contributed by atoms with Crippen LogP contribution in [0.4, 0.5) is 0 Å². The van der Waals surface area contributed by atoms with Gasteiger partial charge < -0.3 is 5.32 Å². The van der Waals surface area contributed by atoms with E-state index in [1.54, 1.807) is 11.3 Å². The third-order valence-electron chi connectivity index (χ3n) is 3.15. The second-order valence-electron chi connectivity index (χ2n) is 4.90. The van der Waals surface area contributed by atoms with Crippen LogP contribution < -0.4 is 5.32 Å². The molecule has 2 rings (SSSR count). The van der Waals surface area contributed by atoms with Gasteiger partial charge in [-0.2, -0.15) is 5.10 Å². The molecule has 4 nitrogen and oxygen atoms in total. The second kappa shape index (κ2) is 6.30. The third-order valence-corrected chi connectivity index (χ3v) is 3.94. The van der Waals surface area contributed by atoms with Gasteiger partial charge in [0.25, 0.3) is 0 Å². The van der Waals surface area contributed by atoms with E-state index in [9.17, 15) is 0 Å². The Morgan fingerprint density at radius 1 is 1.42 bits per heavy atom. The highest BCUT2D eigenvalue weighted by atomic mass is 32.1. The Morgan fingerprint density at radius 2 is 2.21 bits per heavy atom. The summed E-state index contributed by atoms with van der Waals surface area (Å²) in [6.45, 7) is 7.28. The molecule has 0 aliphatic heterocycles. The molecule has 0 spiro atoms. The molecule has 0 saturated heterocycles. The highest BCUT2D eigenvalue weighted by molar-refractivity contribution is 7.09. The molecule has 5 heteroatoms. The number of hydrogen-bond acceptors (Lipinski definition) is 4. The molecule has 0 amide bonds. The van der Waals surface area contributed by atoms with Crippen LogP contribution in [0.1, 0.15) is 41.5 Å². The highest BCUT2D eigenvalue weighted by Crippen LogP contribution is 2.20. The SMILES string of the molecule is CCCNC(Cc1cc(C)nn1C)c1csc(C)n1. The van der Waals surface area contributed by atoms with Crippen molar-refractivity contribution in [1.29, 1.82) is 0 Å². The van der Waals surface area contributed by atoms with E-state index in [4.69, 9.17) is 0 Å². The lowest BCUT2D eigenvalue weighted by atomic mass is 10.1. The largest absolute Gasteiger partial charge is 0.308 e. The van der Waals surface area contributed by atoms with E-state index in [0.717, 1.165) is 35.8 Å². The van der Waals surface area contributed by atoms with Gasteiger partial charge in [0.05, 0.1) is 22.4 Å². The molecule has 0 bridgehead atoms. The predicted octanol–water partition coefficient (Wildman–Crippen LogP) is 2.78. The summed E-state index contributed by atoms with van der Waals surface area (Å²) in [5.41, 5.74) is 3.47. The summed E-state index contributed by atoms with van der Waals surface area (Å²) in [5, 5.41) is 11.3. The standard InChI is InChI=1S/C14H22N4S/c1-5-6-15-13(14-9-19-11(3)16-14)8-12-7-10(2)17-18(12)4/h7,9,13,15H,5-6,8H2,1-4H3. The van der Waals surface area contributed by atoms with Gasteiger partial charge in [-0.1, -0.05) is 6.92 Å². The summed E-state index contributed by atoms with van der Waals surface area (Å²) < 4.78 is 1.97. The number of rotatable bonds is 6. The average molecular weight is 278 g/mol. The van der Waals surface area contributed by atoms with Crippen molar-refractivity contribution in [3.05, 3.63) is 33.5 Å². The number of thiazole rings is 1. The minimum absolute atomic E-state index is 0.277. The smallest absolute Gasteiger partial charge is 0.0898 e. The summed E-state index contributed by atoms with van der Waals surface area (Å²) >= 11 is 1.71. The molecular weight excluding hydrogens is 256 g/mol. The van der Waals surface area contributed by atoms with E-state index < -0.39 is 0 Å². The Hall–Kier alpha value is -1.20. The van der Waals surface area contributed by atoms with Gasteiger partial charge >= 0.3 is 0 Å². The molecule has 0 aliphatic carbocycles. The molecule has 0 radical (unpaired) electrons. The van der Waals surface area contributed by atoms with E-state index in [0.29, 0.717) is 0 Å². The Balaban J connectivity index is 2.16. The van der Waals surface area contributed by atoms with Gasteiger partial charge in [-0.25, -0.2) is 4.98 Å². The Labute approximate surface area is 118 Å². The maximum atomic E-state index is 4.62. The summed E-state index contributed by atoms with van der Waals surface area (Å²) in [6, 6.07) is 2.43. The monoisotopic (exact) mass is 278 g/mol. The van der Waals surface area contributed by atoms with E-state index in [2.05, 4.69) is 40.7 Å². The molecule has 0 aromatic carbocycles. The van der Waals surface area contributed by atoms with Crippen LogP contribution in [0.3, 0.4) is 0 Å². The molecule has 0 aliphatic rings. The molecule has 0 fully saturated rings. The van der Waals surface area contributed by atoms with Crippen LogP contribution in [0.15, 0.2) is 11.4 Å². The van der Waals surface area contributed by atoms with Gasteiger partial charge in [-0.15, -0.1) is 11.3 Å².